The van der Waals surface area contributed by atoms with Gasteiger partial charge in [-0.25, -0.2) is 0 Å². The number of fused-ring (bicyclic) bond motifs is 1. The Bertz CT molecular complexity index is 1050. The van der Waals surface area contributed by atoms with Crippen molar-refractivity contribution < 1.29 is 9.53 Å². The molecule has 1 aromatic heterocycles. The number of aromatic amines is 1. The molecule has 0 saturated carbocycles. The molecule has 0 atom stereocenters. The Balaban J connectivity index is 1.59. The predicted octanol–water partition coefficient (Wildman–Crippen LogP) is 2.64. The normalized spacial score (nSPS) is 14.2. The quantitative estimate of drug-likeness (QED) is 0.759. The number of amides is 1. The van der Waals surface area contributed by atoms with Gasteiger partial charge in [0.15, 0.2) is 0 Å². The van der Waals surface area contributed by atoms with Crippen LogP contribution in [0.2, 0.25) is 0 Å². The van der Waals surface area contributed by atoms with E-state index in [0.29, 0.717) is 19.8 Å². The number of hydrogen-bond acceptors (Lipinski definition) is 4. The van der Waals surface area contributed by atoms with Crippen molar-refractivity contribution in [2.24, 2.45) is 0 Å². The highest BCUT2D eigenvalue weighted by Crippen LogP contribution is 2.23. The van der Waals surface area contributed by atoms with Crippen molar-refractivity contribution in [3.63, 3.8) is 0 Å². The molecular formula is C22H23N3O3. The number of aromatic nitrogens is 1. The number of carbonyl (C=O) groups is 1. The molecule has 2 heterocycles. The van der Waals surface area contributed by atoms with Gasteiger partial charge < -0.3 is 19.5 Å². The zero-order chi connectivity index (χ0) is 19.5. The Morgan fingerprint density at radius 2 is 1.82 bits per heavy atom. The van der Waals surface area contributed by atoms with Crippen LogP contribution in [0.25, 0.3) is 10.9 Å². The van der Waals surface area contributed by atoms with Crippen LogP contribution < -0.4 is 10.5 Å². The van der Waals surface area contributed by atoms with E-state index < -0.39 is 0 Å². The summed E-state index contributed by atoms with van der Waals surface area (Å²) in [6.45, 7) is 3.50. The molecule has 1 aliphatic heterocycles. The second kappa shape index (κ2) is 7.86. The van der Waals surface area contributed by atoms with Gasteiger partial charge in [0.25, 0.3) is 11.5 Å². The molecule has 4 rings (SSSR count). The molecule has 1 saturated heterocycles. The molecule has 0 spiro atoms. The number of hydrogen-bond donors (Lipinski definition) is 1. The SMILES string of the molecule is CN(Cc1ccccc1N1CCOCC1)C(=O)c1cc2ccccc2[nH]c1=O. The van der Waals surface area contributed by atoms with Crippen LogP contribution in [0.4, 0.5) is 5.69 Å². The molecule has 1 fully saturated rings. The molecule has 1 amide bonds. The van der Waals surface area contributed by atoms with E-state index in [1.54, 1.807) is 18.0 Å². The maximum atomic E-state index is 13.0. The summed E-state index contributed by atoms with van der Waals surface area (Å²) in [6, 6.07) is 17.2. The van der Waals surface area contributed by atoms with Crippen molar-refractivity contribution in [2.75, 3.05) is 38.3 Å². The maximum absolute atomic E-state index is 13.0. The van der Waals surface area contributed by atoms with Gasteiger partial charge in [-0.1, -0.05) is 36.4 Å². The molecule has 1 N–H and O–H groups in total. The highest BCUT2D eigenvalue weighted by atomic mass is 16.5. The van der Waals surface area contributed by atoms with Crippen molar-refractivity contribution in [2.45, 2.75) is 6.54 Å². The Kier molecular flexibility index (Phi) is 5.12. The van der Waals surface area contributed by atoms with Gasteiger partial charge in [-0.15, -0.1) is 0 Å². The van der Waals surface area contributed by atoms with Crippen molar-refractivity contribution in [3.8, 4) is 0 Å². The second-order valence-electron chi connectivity index (χ2n) is 6.99. The summed E-state index contributed by atoms with van der Waals surface area (Å²) in [5.41, 5.74) is 2.68. The highest BCUT2D eigenvalue weighted by molar-refractivity contribution is 5.97. The fourth-order valence-electron chi connectivity index (χ4n) is 3.60. The van der Waals surface area contributed by atoms with Crippen LogP contribution in [-0.4, -0.2) is 49.1 Å². The summed E-state index contributed by atoms with van der Waals surface area (Å²) in [4.78, 5) is 32.1. The first kappa shape index (κ1) is 18.3. The largest absolute Gasteiger partial charge is 0.378 e. The van der Waals surface area contributed by atoms with Gasteiger partial charge in [0.05, 0.1) is 13.2 Å². The van der Waals surface area contributed by atoms with Crippen LogP contribution in [0.3, 0.4) is 0 Å². The Hall–Kier alpha value is -3.12. The smallest absolute Gasteiger partial charge is 0.261 e. The molecular weight excluding hydrogens is 354 g/mol. The molecule has 6 nitrogen and oxygen atoms in total. The second-order valence-corrected chi connectivity index (χ2v) is 6.99. The average molecular weight is 377 g/mol. The molecule has 0 bridgehead atoms. The van der Waals surface area contributed by atoms with E-state index in [1.807, 2.05) is 42.5 Å². The molecule has 3 aromatic rings. The summed E-state index contributed by atoms with van der Waals surface area (Å²) in [5.74, 6) is -0.288. The van der Waals surface area contributed by atoms with Crippen LogP contribution in [0.5, 0.6) is 0 Å². The first-order valence-electron chi connectivity index (χ1n) is 9.41. The number of para-hydroxylation sites is 2. The summed E-state index contributed by atoms with van der Waals surface area (Å²) < 4.78 is 5.44. The number of anilines is 1. The minimum absolute atomic E-state index is 0.157. The van der Waals surface area contributed by atoms with Crippen LogP contribution >= 0.6 is 0 Å². The zero-order valence-electron chi connectivity index (χ0n) is 15.9. The molecule has 2 aromatic carbocycles. The van der Waals surface area contributed by atoms with E-state index in [1.165, 1.54) is 0 Å². The van der Waals surface area contributed by atoms with Gasteiger partial charge in [0, 0.05) is 37.9 Å². The maximum Gasteiger partial charge on any atom is 0.261 e. The monoisotopic (exact) mass is 377 g/mol. The van der Waals surface area contributed by atoms with E-state index in [0.717, 1.165) is 35.2 Å². The minimum atomic E-state index is -0.364. The summed E-state index contributed by atoms with van der Waals surface area (Å²) in [5, 5.41) is 0.840. The number of ether oxygens (including phenoxy) is 1. The third-order valence-electron chi connectivity index (χ3n) is 5.08. The van der Waals surface area contributed by atoms with E-state index in [-0.39, 0.29) is 17.0 Å². The van der Waals surface area contributed by atoms with Gasteiger partial charge in [-0.2, -0.15) is 0 Å². The molecule has 144 valence electrons. The Labute approximate surface area is 163 Å². The van der Waals surface area contributed by atoms with Gasteiger partial charge >= 0.3 is 0 Å². The fourth-order valence-corrected chi connectivity index (χ4v) is 3.60. The number of morpholine rings is 1. The lowest BCUT2D eigenvalue weighted by Gasteiger charge is -2.31. The number of H-pyrrole nitrogens is 1. The molecule has 0 radical (unpaired) electrons. The fraction of sp³-hybridized carbons (Fsp3) is 0.273. The molecule has 0 aliphatic carbocycles. The lowest BCUT2D eigenvalue weighted by atomic mass is 10.1. The number of nitrogens with one attached hydrogen (secondary N) is 1. The lowest BCUT2D eigenvalue weighted by Crippen LogP contribution is -2.37. The van der Waals surface area contributed by atoms with Gasteiger partial charge in [-0.05, 0) is 29.1 Å². The number of rotatable bonds is 4. The molecule has 6 heteroatoms. The highest BCUT2D eigenvalue weighted by Gasteiger charge is 2.20. The topological polar surface area (TPSA) is 65.6 Å². The van der Waals surface area contributed by atoms with Crippen molar-refractivity contribution >= 4 is 22.5 Å². The number of benzene rings is 2. The minimum Gasteiger partial charge on any atom is -0.378 e. The van der Waals surface area contributed by atoms with Crippen molar-refractivity contribution in [1.82, 2.24) is 9.88 Å². The van der Waals surface area contributed by atoms with Crippen LogP contribution in [0.15, 0.2) is 59.4 Å². The van der Waals surface area contributed by atoms with E-state index in [9.17, 15) is 9.59 Å². The van der Waals surface area contributed by atoms with E-state index in [2.05, 4.69) is 16.0 Å². The van der Waals surface area contributed by atoms with Crippen molar-refractivity contribution in [3.05, 3.63) is 76.1 Å². The van der Waals surface area contributed by atoms with Crippen LogP contribution in [-0.2, 0) is 11.3 Å². The first-order valence-corrected chi connectivity index (χ1v) is 9.41. The number of nitrogens with zero attached hydrogens (tertiary/aromatic N) is 2. The third kappa shape index (κ3) is 3.64. The van der Waals surface area contributed by atoms with Crippen LogP contribution in [0.1, 0.15) is 15.9 Å². The average Bonchev–Trinajstić information content (AvgIpc) is 2.73. The van der Waals surface area contributed by atoms with Gasteiger partial charge in [-0.3, -0.25) is 9.59 Å². The molecule has 0 unspecified atom stereocenters. The van der Waals surface area contributed by atoms with E-state index >= 15 is 0 Å². The van der Waals surface area contributed by atoms with Crippen molar-refractivity contribution in [1.29, 1.82) is 0 Å². The lowest BCUT2D eigenvalue weighted by molar-refractivity contribution is 0.0783. The predicted molar refractivity (Wildman–Crippen MR) is 110 cm³/mol. The third-order valence-corrected chi connectivity index (χ3v) is 5.08. The first-order chi connectivity index (χ1) is 13.6. The number of carbonyl (C=O) groups excluding carboxylic acids is 1. The Morgan fingerprint density at radius 3 is 2.64 bits per heavy atom. The summed E-state index contributed by atoms with van der Waals surface area (Å²) >= 11 is 0. The molecule has 28 heavy (non-hydrogen) atoms. The van der Waals surface area contributed by atoms with Gasteiger partial charge in [0.2, 0.25) is 0 Å². The standard InChI is InChI=1S/C22H23N3O3/c1-24(15-17-7-3-5-9-20(17)25-10-12-28-13-11-25)22(27)18-14-16-6-2-4-8-19(16)23-21(18)26/h2-9,14H,10-13,15H2,1H3,(H,23,26). The number of pyridine rings is 1. The summed E-state index contributed by atoms with van der Waals surface area (Å²) in [7, 11) is 1.73. The Morgan fingerprint density at radius 1 is 1.11 bits per heavy atom. The van der Waals surface area contributed by atoms with Crippen LogP contribution in [0, 0.1) is 0 Å². The zero-order valence-corrected chi connectivity index (χ0v) is 15.9. The van der Waals surface area contributed by atoms with E-state index in [4.69, 9.17) is 4.74 Å². The molecule has 1 aliphatic rings. The summed E-state index contributed by atoms with van der Waals surface area (Å²) in [6.07, 6.45) is 0. The van der Waals surface area contributed by atoms with Gasteiger partial charge in [0.1, 0.15) is 5.56 Å².